The first-order valence-corrected chi connectivity index (χ1v) is 6.30. The van der Waals surface area contributed by atoms with Gasteiger partial charge in [-0.25, -0.2) is 4.39 Å². The van der Waals surface area contributed by atoms with E-state index in [2.05, 4.69) is 10.6 Å². The van der Waals surface area contributed by atoms with Gasteiger partial charge in [0.15, 0.2) is 0 Å². The molecule has 0 aliphatic rings. The predicted molar refractivity (Wildman–Crippen MR) is 72.7 cm³/mol. The van der Waals surface area contributed by atoms with Crippen LogP contribution < -0.4 is 10.6 Å². The molecule has 0 saturated heterocycles. The topological polar surface area (TPSA) is 78.4 Å². The summed E-state index contributed by atoms with van der Waals surface area (Å²) in [4.78, 5) is 23.4. The van der Waals surface area contributed by atoms with E-state index in [4.69, 9.17) is 5.11 Å². The van der Waals surface area contributed by atoms with Crippen molar-refractivity contribution in [2.24, 2.45) is 0 Å². The highest BCUT2D eigenvalue weighted by Crippen LogP contribution is 2.06. The van der Waals surface area contributed by atoms with Crippen molar-refractivity contribution in [1.29, 1.82) is 0 Å². The first-order chi connectivity index (χ1) is 9.34. The molecule has 0 radical (unpaired) electrons. The molecule has 0 unspecified atom stereocenters. The number of benzene rings is 1. The number of rotatable bonds is 6. The highest BCUT2D eigenvalue weighted by molar-refractivity contribution is 5.96. The van der Waals surface area contributed by atoms with Crippen LogP contribution in [0.25, 0.3) is 0 Å². The molecule has 0 spiro atoms. The molecule has 20 heavy (non-hydrogen) atoms. The van der Waals surface area contributed by atoms with E-state index in [1.807, 2.05) is 0 Å². The van der Waals surface area contributed by atoms with Crippen LogP contribution in [0.2, 0.25) is 0 Å². The highest BCUT2D eigenvalue weighted by atomic mass is 19.1. The van der Waals surface area contributed by atoms with E-state index in [-0.39, 0.29) is 24.6 Å². The molecule has 110 valence electrons. The van der Waals surface area contributed by atoms with Crippen LogP contribution in [0.15, 0.2) is 24.3 Å². The average molecular weight is 282 g/mol. The normalized spacial score (nSPS) is 11.0. The number of hydrogen-bond acceptors (Lipinski definition) is 3. The Balaban J connectivity index is 2.45. The second kappa shape index (κ2) is 7.00. The molecule has 0 heterocycles. The number of amides is 2. The first-order valence-electron chi connectivity index (χ1n) is 6.30. The van der Waals surface area contributed by atoms with Crippen LogP contribution in [-0.2, 0) is 4.79 Å². The Morgan fingerprint density at radius 1 is 1.25 bits per heavy atom. The van der Waals surface area contributed by atoms with Crippen molar-refractivity contribution in [1.82, 2.24) is 10.6 Å². The molecule has 1 aromatic rings. The lowest BCUT2D eigenvalue weighted by atomic mass is 10.0. The Hall–Kier alpha value is -1.95. The Bertz CT molecular complexity index is 472. The molecule has 1 aromatic carbocycles. The smallest absolute Gasteiger partial charge is 0.251 e. The fourth-order valence-electron chi connectivity index (χ4n) is 1.63. The largest absolute Gasteiger partial charge is 0.396 e. The zero-order valence-electron chi connectivity index (χ0n) is 11.6. The van der Waals surface area contributed by atoms with E-state index in [1.54, 1.807) is 13.8 Å². The second-order valence-electron chi connectivity index (χ2n) is 5.10. The highest BCUT2D eigenvalue weighted by Gasteiger charge is 2.19. The molecular weight excluding hydrogens is 263 g/mol. The fourth-order valence-corrected chi connectivity index (χ4v) is 1.63. The van der Waals surface area contributed by atoms with E-state index in [0.29, 0.717) is 6.42 Å². The minimum Gasteiger partial charge on any atom is -0.396 e. The Labute approximate surface area is 117 Å². The lowest BCUT2D eigenvalue weighted by Gasteiger charge is -2.25. The van der Waals surface area contributed by atoms with Crippen LogP contribution in [-0.4, -0.2) is 35.6 Å². The molecule has 0 atom stereocenters. The monoisotopic (exact) mass is 282 g/mol. The summed E-state index contributed by atoms with van der Waals surface area (Å²) in [7, 11) is 0. The van der Waals surface area contributed by atoms with Crippen molar-refractivity contribution in [3.05, 3.63) is 35.6 Å². The minimum atomic E-state index is -0.535. The van der Waals surface area contributed by atoms with Crippen molar-refractivity contribution >= 4 is 11.8 Å². The van der Waals surface area contributed by atoms with Crippen LogP contribution in [0.4, 0.5) is 4.39 Å². The lowest BCUT2D eigenvalue weighted by molar-refractivity contribution is -0.121. The van der Waals surface area contributed by atoms with E-state index in [1.165, 1.54) is 24.3 Å². The zero-order valence-corrected chi connectivity index (χ0v) is 11.6. The molecule has 5 nitrogen and oxygen atoms in total. The van der Waals surface area contributed by atoms with E-state index in [0.717, 1.165) is 0 Å². The Morgan fingerprint density at radius 2 is 1.85 bits per heavy atom. The molecule has 0 fully saturated rings. The molecular formula is C14H19FN2O3. The minimum absolute atomic E-state index is 0.0325. The van der Waals surface area contributed by atoms with Crippen LogP contribution in [0, 0.1) is 5.82 Å². The maximum Gasteiger partial charge on any atom is 0.251 e. The van der Waals surface area contributed by atoms with Gasteiger partial charge in [0.1, 0.15) is 5.82 Å². The third-order valence-electron chi connectivity index (χ3n) is 2.73. The number of hydrogen-bond donors (Lipinski definition) is 3. The summed E-state index contributed by atoms with van der Waals surface area (Å²) in [5, 5.41) is 14.0. The number of carbonyl (C=O) groups is 2. The molecule has 0 aromatic heterocycles. The predicted octanol–water partition coefficient (Wildman–Crippen LogP) is 0.833. The zero-order chi connectivity index (χ0) is 15.2. The molecule has 0 bridgehead atoms. The molecule has 6 heteroatoms. The van der Waals surface area contributed by atoms with Gasteiger partial charge in [0.25, 0.3) is 5.91 Å². The van der Waals surface area contributed by atoms with Crippen LogP contribution in [0.5, 0.6) is 0 Å². The van der Waals surface area contributed by atoms with E-state index < -0.39 is 17.3 Å². The van der Waals surface area contributed by atoms with E-state index >= 15 is 0 Å². The summed E-state index contributed by atoms with van der Waals surface area (Å²) in [6, 6.07) is 5.05. The lowest BCUT2D eigenvalue weighted by Crippen LogP contribution is -2.48. The number of nitrogens with one attached hydrogen (secondary N) is 2. The number of halogens is 1. The van der Waals surface area contributed by atoms with Crippen molar-refractivity contribution in [2.45, 2.75) is 25.8 Å². The van der Waals surface area contributed by atoms with Gasteiger partial charge in [-0.15, -0.1) is 0 Å². The Kier molecular flexibility index (Phi) is 5.64. The van der Waals surface area contributed by atoms with Gasteiger partial charge < -0.3 is 15.7 Å². The molecule has 0 aliphatic carbocycles. The molecule has 0 saturated carbocycles. The standard InChI is InChI=1S/C14H19FN2O3/c1-14(2,7-8-18)17-12(19)9-16-13(20)10-3-5-11(15)6-4-10/h3-6,18H,7-9H2,1-2H3,(H,16,20)(H,17,19). The average Bonchev–Trinajstić information content (AvgIpc) is 2.36. The summed E-state index contributed by atoms with van der Waals surface area (Å²) in [6.45, 7) is 3.35. The van der Waals surface area contributed by atoms with Gasteiger partial charge in [-0.2, -0.15) is 0 Å². The molecule has 2 amide bonds. The number of carbonyl (C=O) groups excluding carboxylic acids is 2. The third kappa shape index (κ3) is 5.36. The SMILES string of the molecule is CC(C)(CCO)NC(=O)CNC(=O)c1ccc(F)cc1. The summed E-state index contributed by atoms with van der Waals surface area (Å²) in [5.41, 5.74) is -0.249. The molecule has 0 aliphatic heterocycles. The number of aliphatic hydroxyl groups is 1. The van der Waals surface area contributed by atoms with Crippen LogP contribution in [0.1, 0.15) is 30.6 Å². The van der Waals surface area contributed by atoms with Crippen molar-refractivity contribution in [2.75, 3.05) is 13.2 Å². The first kappa shape index (κ1) is 16.1. The maximum atomic E-state index is 12.7. The quantitative estimate of drug-likeness (QED) is 0.723. The number of aliphatic hydroxyl groups excluding tert-OH is 1. The maximum absolute atomic E-state index is 12.7. The van der Waals surface area contributed by atoms with Crippen molar-refractivity contribution in [3.8, 4) is 0 Å². The second-order valence-corrected chi connectivity index (χ2v) is 5.10. The fraction of sp³-hybridized carbons (Fsp3) is 0.429. The molecule has 1 rings (SSSR count). The van der Waals surface area contributed by atoms with Gasteiger partial charge in [0.05, 0.1) is 6.54 Å². The van der Waals surface area contributed by atoms with Gasteiger partial charge >= 0.3 is 0 Å². The van der Waals surface area contributed by atoms with Gasteiger partial charge in [-0.1, -0.05) is 0 Å². The van der Waals surface area contributed by atoms with Crippen molar-refractivity contribution < 1.29 is 19.1 Å². The molecule has 3 N–H and O–H groups in total. The van der Waals surface area contributed by atoms with Gasteiger partial charge in [0.2, 0.25) is 5.91 Å². The summed E-state index contributed by atoms with van der Waals surface area (Å²) in [6.07, 6.45) is 0.421. The van der Waals surface area contributed by atoms with E-state index in [9.17, 15) is 14.0 Å². The summed E-state index contributed by atoms with van der Waals surface area (Å²) < 4.78 is 12.7. The Morgan fingerprint density at radius 3 is 2.40 bits per heavy atom. The van der Waals surface area contributed by atoms with Crippen LogP contribution in [0.3, 0.4) is 0 Å². The van der Waals surface area contributed by atoms with Gasteiger partial charge in [-0.3, -0.25) is 9.59 Å². The van der Waals surface area contributed by atoms with Gasteiger partial charge in [-0.05, 0) is 44.5 Å². The van der Waals surface area contributed by atoms with Crippen molar-refractivity contribution in [3.63, 3.8) is 0 Å². The van der Waals surface area contributed by atoms with Gasteiger partial charge in [0, 0.05) is 17.7 Å². The third-order valence-corrected chi connectivity index (χ3v) is 2.73. The summed E-state index contributed by atoms with van der Waals surface area (Å²) in [5.74, 6) is -1.22. The van der Waals surface area contributed by atoms with Crippen LogP contribution >= 0.6 is 0 Å². The summed E-state index contributed by atoms with van der Waals surface area (Å²) >= 11 is 0.